The number of hydrogen-bond acceptors (Lipinski definition) is 7. The predicted molar refractivity (Wildman–Crippen MR) is 107 cm³/mol. The summed E-state index contributed by atoms with van der Waals surface area (Å²) in [7, 11) is 1.23. The summed E-state index contributed by atoms with van der Waals surface area (Å²) in [6.07, 6.45) is 1.26. The van der Waals surface area contributed by atoms with Gasteiger partial charge in [0.1, 0.15) is 23.4 Å². The summed E-state index contributed by atoms with van der Waals surface area (Å²) < 4.78 is 9.97. The fourth-order valence-corrected chi connectivity index (χ4v) is 2.84. The van der Waals surface area contributed by atoms with E-state index in [0.717, 1.165) is 5.56 Å². The van der Waals surface area contributed by atoms with Crippen LogP contribution in [0.15, 0.2) is 24.3 Å². The molecule has 0 fully saturated rings. The number of carbonyl (C=O) groups is 3. The minimum atomic E-state index is -0.938. The molecule has 2 amide bonds. The van der Waals surface area contributed by atoms with Gasteiger partial charge in [0.15, 0.2) is 0 Å². The van der Waals surface area contributed by atoms with E-state index in [9.17, 15) is 19.5 Å². The van der Waals surface area contributed by atoms with Crippen LogP contribution in [0.5, 0.6) is 5.75 Å². The average Bonchev–Trinajstić information content (AvgIpc) is 2.60. The van der Waals surface area contributed by atoms with E-state index in [-0.39, 0.29) is 12.2 Å². The topological polar surface area (TPSA) is 114 Å². The van der Waals surface area contributed by atoms with Crippen LogP contribution in [-0.4, -0.2) is 59.9 Å². The van der Waals surface area contributed by atoms with Crippen LogP contribution in [0.1, 0.15) is 26.3 Å². The maximum Gasteiger partial charge on any atom is 0.408 e. The fraction of sp³-hybridized carbons (Fsp3) is 0.526. The number of amides is 2. The Morgan fingerprint density at radius 1 is 1.11 bits per heavy atom. The second kappa shape index (κ2) is 10.8. The van der Waals surface area contributed by atoms with E-state index < -0.39 is 35.7 Å². The molecule has 0 aliphatic carbocycles. The average molecular weight is 413 g/mol. The number of phenolic OH excluding ortho intramolecular Hbond substituents is 1. The Morgan fingerprint density at radius 2 is 1.71 bits per heavy atom. The van der Waals surface area contributed by atoms with Crippen LogP contribution in [-0.2, 0) is 25.5 Å². The van der Waals surface area contributed by atoms with Crippen LogP contribution >= 0.6 is 11.8 Å². The normalized spacial score (nSPS) is 13.2. The van der Waals surface area contributed by atoms with Crippen molar-refractivity contribution in [2.45, 2.75) is 44.9 Å². The Bertz CT molecular complexity index is 672. The van der Waals surface area contributed by atoms with E-state index in [1.165, 1.54) is 31.0 Å². The molecule has 0 unspecified atom stereocenters. The Kier molecular flexibility index (Phi) is 9.11. The Morgan fingerprint density at radius 3 is 2.21 bits per heavy atom. The van der Waals surface area contributed by atoms with Gasteiger partial charge in [-0.05, 0) is 44.7 Å². The van der Waals surface area contributed by atoms with E-state index in [1.807, 2.05) is 0 Å². The minimum absolute atomic E-state index is 0.101. The molecule has 0 saturated heterocycles. The zero-order valence-corrected chi connectivity index (χ0v) is 17.6. The Labute approximate surface area is 169 Å². The van der Waals surface area contributed by atoms with E-state index in [4.69, 9.17) is 9.47 Å². The zero-order chi connectivity index (χ0) is 21.3. The summed E-state index contributed by atoms with van der Waals surface area (Å²) >= 11 is 1.37. The molecule has 1 aromatic carbocycles. The number of carbonyl (C=O) groups excluding carboxylic acids is 3. The largest absolute Gasteiger partial charge is 0.508 e. The van der Waals surface area contributed by atoms with Gasteiger partial charge in [0.25, 0.3) is 0 Å². The van der Waals surface area contributed by atoms with Gasteiger partial charge in [-0.15, -0.1) is 0 Å². The smallest absolute Gasteiger partial charge is 0.408 e. The molecule has 0 spiro atoms. The molecular formula is C19H28N2O6S. The standard InChI is InChI=1S/C19H28N2O6S/c1-19(2,3)27-18(25)21-15(11-28-5)16(23)20-14(17(24)26-4)10-12-6-8-13(22)9-7-12/h6-9,14-15,22H,10-11H2,1-5H3,(H,20,23)(H,21,25)/t14-,15-/m0/s1. The molecule has 0 heterocycles. The quantitative estimate of drug-likeness (QED) is 0.558. The first-order chi connectivity index (χ1) is 13.1. The second-order valence-electron chi connectivity index (χ2n) is 7.11. The molecule has 0 bridgehead atoms. The zero-order valence-electron chi connectivity index (χ0n) is 16.8. The van der Waals surface area contributed by atoms with Gasteiger partial charge >= 0.3 is 12.1 Å². The van der Waals surface area contributed by atoms with E-state index >= 15 is 0 Å². The number of aromatic hydroxyl groups is 1. The lowest BCUT2D eigenvalue weighted by atomic mass is 10.1. The second-order valence-corrected chi connectivity index (χ2v) is 8.02. The molecule has 0 aliphatic heterocycles. The van der Waals surface area contributed by atoms with E-state index in [2.05, 4.69) is 10.6 Å². The maximum absolute atomic E-state index is 12.7. The molecule has 8 nitrogen and oxygen atoms in total. The first-order valence-electron chi connectivity index (χ1n) is 8.70. The molecule has 0 radical (unpaired) electrons. The van der Waals surface area contributed by atoms with Gasteiger partial charge < -0.3 is 25.2 Å². The highest BCUT2D eigenvalue weighted by Crippen LogP contribution is 2.12. The van der Waals surface area contributed by atoms with Crippen LogP contribution in [0, 0.1) is 0 Å². The van der Waals surface area contributed by atoms with Crippen molar-refractivity contribution in [1.82, 2.24) is 10.6 Å². The highest BCUT2D eigenvalue weighted by molar-refractivity contribution is 7.98. The van der Waals surface area contributed by atoms with Crippen LogP contribution in [0.25, 0.3) is 0 Å². The number of phenols is 1. The maximum atomic E-state index is 12.7. The first-order valence-corrected chi connectivity index (χ1v) is 10.1. The van der Waals surface area contributed by atoms with Crippen molar-refractivity contribution < 1.29 is 29.0 Å². The number of thioether (sulfide) groups is 1. The number of alkyl carbamates (subject to hydrolysis) is 1. The number of ether oxygens (including phenoxy) is 2. The molecule has 0 aromatic heterocycles. The van der Waals surface area contributed by atoms with Crippen molar-refractivity contribution in [2.75, 3.05) is 19.1 Å². The Balaban J connectivity index is 2.85. The lowest BCUT2D eigenvalue weighted by Gasteiger charge is -2.24. The summed E-state index contributed by atoms with van der Waals surface area (Å²) in [4.78, 5) is 36.8. The third kappa shape index (κ3) is 8.51. The molecule has 156 valence electrons. The number of esters is 1. The summed E-state index contributed by atoms with van der Waals surface area (Å²) in [5.74, 6) is -0.724. The van der Waals surface area contributed by atoms with Gasteiger partial charge in [0.05, 0.1) is 7.11 Å². The molecule has 28 heavy (non-hydrogen) atoms. The molecule has 0 saturated carbocycles. The van der Waals surface area contributed by atoms with Crippen LogP contribution in [0.3, 0.4) is 0 Å². The van der Waals surface area contributed by atoms with E-state index in [1.54, 1.807) is 39.2 Å². The van der Waals surface area contributed by atoms with Crippen LogP contribution in [0.4, 0.5) is 4.79 Å². The SMILES string of the molecule is COC(=O)[C@H](Cc1ccc(O)cc1)NC(=O)[C@H](CSC)NC(=O)OC(C)(C)C. The number of benzene rings is 1. The summed E-state index contributed by atoms with van der Waals surface area (Å²) in [6.45, 7) is 5.17. The molecule has 1 aromatic rings. The number of rotatable bonds is 8. The van der Waals surface area contributed by atoms with Gasteiger partial charge in [-0.25, -0.2) is 9.59 Å². The lowest BCUT2D eigenvalue weighted by Crippen LogP contribution is -2.54. The van der Waals surface area contributed by atoms with Crippen molar-refractivity contribution >= 4 is 29.7 Å². The minimum Gasteiger partial charge on any atom is -0.508 e. The summed E-state index contributed by atoms with van der Waals surface area (Å²) in [6, 6.07) is 4.47. The van der Waals surface area contributed by atoms with Crippen molar-refractivity contribution in [3.8, 4) is 5.75 Å². The number of methoxy groups -OCH3 is 1. The van der Waals surface area contributed by atoms with Gasteiger partial charge in [0.2, 0.25) is 5.91 Å². The molecule has 3 N–H and O–H groups in total. The highest BCUT2D eigenvalue weighted by atomic mass is 32.2. The van der Waals surface area contributed by atoms with Gasteiger partial charge in [-0.1, -0.05) is 12.1 Å². The monoisotopic (exact) mass is 412 g/mol. The molecular weight excluding hydrogens is 384 g/mol. The Hall–Kier alpha value is -2.42. The lowest BCUT2D eigenvalue weighted by molar-refractivity contribution is -0.145. The summed E-state index contributed by atoms with van der Waals surface area (Å²) in [5, 5.41) is 14.5. The van der Waals surface area contributed by atoms with E-state index in [0.29, 0.717) is 5.75 Å². The van der Waals surface area contributed by atoms with Crippen molar-refractivity contribution in [3.05, 3.63) is 29.8 Å². The predicted octanol–water partition coefficient (Wildman–Crippen LogP) is 1.85. The van der Waals surface area contributed by atoms with Crippen molar-refractivity contribution in [2.24, 2.45) is 0 Å². The number of nitrogens with one attached hydrogen (secondary N) is 2. The molecule has 1 rings (SSSR count). The number of hydrogen-bond donors (Lipinski definition) is 3. The molecule has 2 atom stereocenters. The first kappa shape index (κ1) is 23.6. The fourth-order valence-electron chi connectivity index (χ4n) is 2.27. The van der Waals surface area contributed by atoms with Crippen molar-refractivity contribution in [1.29, 1.82) is 0 Å². The molecule has 0 aliphatic rings. The summed E-state index contributed by atoms with van der Waals surface area (Å²) in [5.41, 5.74) is 0.0350. The van der Waals surface area contributed by atoms with Gasteiger partial charge in [0, 0.05) is 12.2 Å². The van der Waals surface area contributed by atoms with Crippen LogP contribution in [0.2, 0.25) is 0 Å². The van der Waals surface area contributed by atoms with Crippen molar-refractivity contribution in [3.63, 3.8) is 0 Å². The highest BCUT2D eigenvalue weighted by Gasteiger charge is 2.28. The van der Waals surface area contributed by atoms with Gasteiger partial charge in [-0.2, -0.15) is 11.8 Å². The van der Waals surface area contributed by atoms with Gasteiger partial charge in [-0.3, -0.25) is 4.79 Å². The third-order valence-electron chi connectivity index (χ3n) is 3.52. The van der Waals surface area contributed by atoms with Crippen LogP contribution < -0.4 is 10.6 Å². The molecule has 9 heteroatoms. The third-order valence-corrected chi connectivity index (χ3v) is 4.19.